The van der Waals surface area contributed by atoms with Gasteiger partial charge in [-0.2, -0.15) is 13.2 Å². The van der Waals surface area contributed by atoms with Crippen molar-refractivity contribution in [1.29, 1.82) is 0 Å². The van der Waals surface area contributed by atoms with Gasteiger partial charge in [-0.3, -0.25) is 14.6 Å². The molecule has 7 nitrogen and oxygen atoms in total. The summed E-state index contributed by atoms with van der Waals surface area (Å²) in [6.45, 7) is 0.0511. The zero-order chi connectivity index (χ0) is 21.5. The molecule has 3 heterocycles. The van der Waals surface area contributed by atoms with Crippen molar-refractivity contribution in [1.82, 2.24) is 9.55 Å². The van der Waals surface area contributed by atoms with Crippen LogP contribution < -0.4 is 16.0 Å². The molecule has 0 saturated heterocycles. The summed E-state index contributed by atoms with van der Waals surface area (Å²) in [5.41, 5.74) is 6.21. The Balaban J connectivity index is 1.65. The minimum absolute atomic E-state index is 0.0511. The molecule has 1 aliphatic rings. The van der Waals surface area contributed by atoms with Crippen LogP contribution in [0.25, 0.3) is 0 Å². The number of carbonyl (C=O) groups is 2. The van der Waals surface area contributed by atoms with Crippen molar-refractivity contribution < 1.29 is 22.8 Å². The van der Waals surface area contributed by atoms with Gasteiger partial charge in [-0.05, 0) is 42.5 Å². The Morgan fingerprint density at radius 3 is 2.53 bits per heavy atom. The first-order chi connectivity index (χ1) is 14.3. The van der Waals surface area contributed by atoms with Crippen molar-refractivity contribution in [2.75, 3.05) is 16.8 Å². The van der Waals surface area contributed by atoms with Gasteiger partial charge in [-0.15, -0.1) is 0 Å². The summed E-state index contributed by atoms with van der Waals surface area (Å²) >= 11 is 0. The molecule has 2 amide bonds. The molecule has 1 aromatic carbocycles. The average molecular weight is 415 g/mol. The first kappa shape index (κ1) is 19.6. The van der Waals surface area contributed by atoms with Crippen LogP contribution in [0, 0.1) is 0 Å². The largest absolute Gasteiger partial charge is 0.416 e. The fourth-order valence-electron chi connectivity index (χ4n) is 3.31. The molecule has 1 aliphatic heterocycles. The summed E-state index contributed by atoms with van der Waals surface area (Å²) in [5.74, 6) is -1.05. The summed E-state index contributed by atoms with van der Waals surface area (Å²) in [7, 11) is 0. The summed E-state index contributed by atoms with van der Waals surface area (Å²) in [6, 6.07) is 9.00. The molecule has 0 saturated carbocycles. The first-order valence-electron chi connectivity index (χ1n) is 8.92. The first-order valence-corrected chi connectivity index (χ1v) is 8.92. The molecule has 10 heteroatoms. The minimum Gasteiger partial charge on any atom is -0.325 e. The molecular weight excluding hydrogens is 399 g/mol. The van der Waals surface area contributed by atoms with Crippen LogP contribution in [0.5, 0.6) is 0 Å². The quantitative estimate of drug-likeness (QED) is 0.687. The molecule has 0 spiro atoms. The third-order valence-corrected chi connectivity index (χ3v) is 4.76. The second-order valence-electron chi connectivity index (χ2n) is 6.71. The molecule has 1 atom stereocenters. The van der Waals surface area contributed by atoms with Gasteiger partial charge >= 0.3 is 6.18 Å². The van der Waals surface area contributed by atoms with Crippen LogP contribution in [0.15, 0.2) is 61.1 Å². The molecule has 30 heavy (non-hydrogen) atoms. The highest BCUT2D eigenvalue weighted by molar-refractivity contribution is 6.16. The summed E-state index contributed by atoms with van der Waals surface area (Å²) < 4.78 is 40.0. The summed E-state index contributed by atoms with van der Waals surface area (Å²) in [6.07, 6.45) is -0.587. The summed E-state index contributed by atoms with van der Waals surface area (Å²) in [4.78, 5) is 31.0. The van der Waals surface area contributed by atoms with Crippen LogP contribution in [-0.4, -0.2) is 27.9 Å². The number of anilines is 2. The molecule has 3 aromatic rings. The number of aromatic nitrogens is 2. The Morgan fingerprint density at radius 2 is 1.90 bits per heavy atom. The number of alkyl halides is 3. The van der Waals surface area contributed by atoms with Crippen LogP contribution in [0.2, 0.25) is 0 Å². The molecule has 0 aliphatic carbocycles. The van der Waals surface area contributed by atoms with Gasteiger partial charge in [0.2, 0.25) is 0 Å². The van der Waals surface area contributed by atoms with Crippen molar-refractivity contribution in [2.24, 2.45) is 5.73 Å². The lowest BCUT2D eigenvalue weighted by Crippen LogP contribution is -2.46. The number of pyridine rings is 1. The number of hydrogen-bond donors (Lipinski definition) is 2. The number of hydrogen-bond acceptors (Lipinski definition) is 4. The smallest absolute Gasteiger partial charge is 0.325 e. The monoisotopic (exact) mass is 415 g/mol. The van der Waals surface area contributed by atoms with Crippen LogP contribution in [0.3, 0.4) is 0 Å². The molecule has 2 aromatic heterocycles. The number of nitrogens with one attached hydrogen (secondary N) is 1. The van der Waals surface area contributed by atoms with E-state index in [0.717, 1.165) is 12.1 Å². The Morgan fingerprint density at radius 1 is 1.17 bits per heavy atom. The number of nitrogens with zero attached hydrogens (tertiary/aromatic N) is 3. The zero-order valence-corrected chi connectivity index (χ0v) is 15.4. The van der Waals surface area contributed by atoms with Crippen LogP contribution >= 0.6 is 0 Å². The van der Waals surface area contributed by atoms with E-state index in [1.165, 1.54) is 33.9 Å². The number of fused-ring (bicyclic) bond motifs is 1. The van der Waals surface area contributed by atoms with Crippen molar-refractivity contribution >= 4 is 23.2 Å². The van der Waals surface area contributed by atoms with E-state index in [-0.39, 0.29) is 23.5 Å². The fourth-order valence-corrected chi connectivity index (χ4v) is 3.31. The van der Waals surface area contributed by atoms with Gasteiger partial charge < -0.3 is 20.5 Å². The molecule has 0 radical (unpaired) electrons. The second-order valence-corrected chi connectivity index (χ2v) is 6.71. The zero-order valence-electron chi connectivity index (χ0n) is 15.4. The Kier molecular flexibility index (Phi) is 4.78. The molecular formula is C20H16F3N5O2. The van der Waals surface area contributed by atoms with E-state index >= 15 is 0 Å². The van der Waals surface area contributed by atoms with Gasteiger partial charge in [0, 0.05) is 18.1 Å². The van der Waals surface area contributed by atoms with Crippen molar-refractivity contribution in [2.45, 2.75) is 12.3 Å². The van der Waals surface area contributed by atoms with Gasteiger partial charge in [0.25, 0.3) is 11.8 Å². The average Bonchev–Trinajstić information content (AvgIpc) is 3.17. The predicted molar refractivity (Wildman–Crippen MR) is 103 cm³/mol. The number of amides is 2. The van der Waals surface area contributed by atoms with Gasteiger partial charge in [-0.25, -0.2) is 0 Å². The van der Waals surface area contributed by atoms with E-state index in [9.17, 15) is 22.8 Å². The van der Waals surface area contributed by atoms with Crippen molar-refractivity contribution in [3.05, 3.63) is 77.9 Å². The van der Waals surface area contributed by atoms with Crippen LogP contribution in [0.1, 0.15) is 32.6 Å². The number of benzene rings is 1. The molecule has 154 valence electrons. The third kappa shape index (κ3) is 3.52. The Bertz CT molecular complexity index is 1090. The Labute approximate surface area is 168 Å². The van der Waals surface area contributed by atoms with E-state index in [2.05, 4.69) is 10.3 Å². The van der Waals surface area contributed by atoms with E-state index in [4.69, 9.17) is 5.73 Å². The van der Waals surface area contributed by atoms with Crippen molar-refractivity contribution in [3.8, 4) is 0 Å². The molecule has 4 rings (SSSR count). The highest BCUT2D eigenvalue weighted by Crippen LogP contribution is 2.32. The topological polar surface area (TPSA) is 93.2 Å². The number of rotatable bonds is 3. The van der Waals surface area contributed by atoms with Gasteiger partial charge in [0.15, 0.2) is 0 Å². The van der Waals surface area contributed by atoms with Gasteiger partial charge in [0.05, 0.1) is 35.7 Å². The van der Waals surface area contributed by atoms with Gasteiger partial charge in [-0.1, -0.05) is 0 Å². The minimum atomic E-state index is -4.48. The lowest BCUT2D eigenvalue weighted by Gasteiger charge is -2.33. The lowest BCUT2D eigenvalue weighted by molar-refractivity contribution is -0.137. The van der Waals surface area contributed by atoms with Crippen molar-refractivity contribution in [3.63, 3.8) is 0 Å². The predicted octanol–water partition coefficient (Wildman–Crippen LogP) is 3.27. The summed E-state index contributed by atoms with van der Waals surface area (Å²) in [5, 5.41) is 2.66. The molecule has 0 bridgehead atoms. The molecule has 0 fully saturated rings. The lowest BCUT2D eigenvalue weighted by atomic mass is 10.1. The second kappa shape index (κ2) is 7.30. The molecule has 3 N–H and O–H groups in total. The maximum absolute atomic E-state index is 13.1. The van der Waals surface area contributed by atoms with E-state index in [0.29, 0.717) is 5.69 Å². The number of nitrogens with two attached hydrogens (primary N) is 1. The van der Waals surface area contributed by atoms with E-state index < -0.39 is 29.7 Å². The van der Waals surface area contributed by atoms with E-state index in [1.54, 1.807) is 24.5 Å². The van der Waals surface area contributed by atoms with Gasteiger partial charge in [0.1, 0.15) is 5.69 Å². The van der Waals surface area contributed by atoms with E-state index in [1.807, 2.05) is 0 Å². The number of halogens is 3. The third-order valence-electron chi connectivity index (χ3n) is 4.76. The maximum atomic E-state index is 13.1. The number of carbonyl (C=O) groups excluding carboxylic acids is 2. The Hall–Kier alpha value is -3.66. The SMILES string of the molecule is N[C@H]1CN(c2ccc(C(F)(F)F)cc2)C(=O)c2c(C(=O)Nc3cccnc3)ccn21. The normalized spacial score (nSPS) is 16.3. The molecule has 0 unspecified atom stereocenters. The fraction of sp³-hybridized carbons (Fsp3) is 0.150. The highest BCUT2D eigenvalue weighted by Gasteiger charge is 2.35. The van der Waals surface area contributed by atoms with Crippen LogP contribution in [-0.2, 0) is 6.18 Å². The maximum Gasteiger partial charge on any atom is 0.416 e. The highest BCUT2D eigenvalue weighted by atomic mass is 19.4. The van der Waals surface area contributed by atoms with Crippen LogP contribution in [0.4, 0.5) is 24.5 Å². The standard InChI is InChI=1S/C20H16F3N5O2/c21-20(22,23)12-3-5-14(6-4-12)28-11-16(24)27-9-7-15(17(27)19(28)30)18(29)26-13-2-1-8-25-10-13/h1-10,16H,11,24H2,(H,26,29)/t16-/m1/s1.